The highest BCUT2D eigenvalue weighted by Crippen LogP contribution is 2.29. The van der Waals surface area contributed by atoms with Gasteiger partial charge in [0.1, 0.15) is 0 Å². The van der Waals surface area contributed by atoms with Gasteiger partial charge >= 0.3 is 0 Å². The summed E-state index contributed by atoms with van der Waals surface area (Å²) >= 11 is 0. The fourth-order valence-electron chi connectivity index (χ4n) is 3.33. The van der Waals surface area contributed by atoms with Gasteiger partial charge in [-0.2, -0.15) is 0 Å². The van der Waals surface area contributed by atoms with E-state index in [0.717, 1.165) is 0 Å². The summed E-state index contributed by atoms with van der Waals surface area (Å²) in [7, 11) is 0. The van der Waals surface area contributed by atoms with E-state index in [1.54, 1.807) is 5.46 Å². The van der Waals surface area contributed by atoms with Crippen molar-refractivity contribution in [1.82, 2.24) is 0 Å². The van der Waals surface area contributed by atoms with Gasteiger partial charge in [0.2, 0.25) is 6.71 Å². The lowest BCUT2D eigenvalue weighted by molar-refractivity contribution is 1.05. The second kappa shape index (κ2) is 4.01. The van der Waals surface area contributed by atoms with Crippen molar-refractivity contribution in [3.8, 4) is 11.1 Å². The van der Waals surface area contributed by atoms with Crippen molar-refractivity contribution in [2.45, 2.75) is 33.5 Å². The zero-order valence-electron chi connectivity index (χ0n) is 11.6. The van der Waals surface area contributed by atoms with Crippen molar-refractivity contribution in [3.05, 3.63) is 47.5 Å². The molecule has 0 nitrogen and oxygen atoms in total. The van der Waals surface area contributed by atoms with E-state index in [2.05, 4.69) is 64.1 Å². The molecule has 0 radical (unpaired) electrons. The maximum Gasteiger partial charge on any atom is 0.213 e. The Morgan fingerprint density at radius 3 is 2.33 bits per heavy atom. The second-order valence-electron chi connectivity index (χ2n) is 5.78. The van der Waals surface area contributed by atoms with Crippen LogP contribution in [0.15, 0.2) is 36.4 Å². The van der Waals surface area contributed by atoms with Gasteiger partial charge in [0.05, 0.1) is 0 Å². The number of aryl methyl sites for hydroxylation is 1. The predicted octanol–water partition coefficient (Wildman–Crippen LogP) is 3.30. The van der Waals surface area contributed by atoms with Crippen LogP contribution in [-0.2, 0) is 0 Å². The lowest BCUT2D eigenvalue weighted by atomic mass is 9.35. The van der Waals surface area contributed by atoms with Gasteiger partial charge in [-0.1, -0.05) is 72.6 Å². The third kappa shape index (κ3) is 1.46. The van der Waals surface area contributed by atoms with Crippen molar-refractivity contribution in [2.24, 2.45) is 0 Å². The molecule has 0 saturated heterocycles. The van der Waals surface area contributed by atoms with Gasteiger partial charge in [-0.05, 0) is 30.5 Å². The molecule has 0 saturated carbocycles. The first kappa shape index (κ1) is 11.6. The summed E-state index contributed by atoms with van der Waals surface area (Å²) in [6.07, 6.45) is 0. The van der Waals surface area contributed by atoms with E-state index in [4.69, 9.17) is 0 Å². The summed E-state index contributed by atoms with van der Waals surface area (Å²) in [4.78, 5) is 0. The van der Waals surface area contributed by atoms with Crippen molar-refractivity contribution in [1.29, 1.82) is 0 Å². The first-order valence-electron chi connectivity index (χ1n) is 6.80. The summed E-state index contributed by atoms with van der Waals surface area (Å²) in [5.74, 6) is 0.646. The molecule has 0 fully saturated rings. The van der Waals surface area contributed by atoms with Crippen molar-refractivity contribution in [2.75, 3.05) is 0 Å². The molecule has 1 heterocycles. The summed E-state index contributed by atoms with van der Waals surface area (Å²) in [5, 5.41) is 0. The molecule has 90 valence electrons. The Morgan fingerprint density at radius 2 is 1.61 bits per heavy atom. The van der Waals surface area contributed by atoms with Crippen LogP contribution in [0.25, 0.3) is 11.1 Å². The summed E-state index contributed by atoms with van der Waals surface area (Å²) in [6.45, 7) is 9.72. The van der Waals surface area contributed by atoms with E-state index in [0.29, 0.717) is 12.5 Å². The minimum absolute atomic E-state index is 0.566. The number of hydrogen-bond donors (Lipinski definition) is 0. The molecule has 0 aliphatic carbocycles. The highest BCUT2D eigenvalue weighted by Gasteiger charge is 2.35. The molecule has 1 aliphatic rings. The summed E-state index contributed by atoms with van der Waals surface area (Å²) < 4.78 is 0. The van der Waals surface area contributed by atoms with Gasteiger partial charge in [0, 0.05) is 0 Å². The van der Waals surface area contributed by atoms with Crippen LogP contribution < -0.4 is 10.9 Å². The average molecular weight is 234 g/mol. The molecular formula is C17H19B. The number of fused-ring (bicyclic) bond motifs is 3. The van der Waals surface area contributed by atoms with Crippen LogP contribution in [-0.4, -0.2) is 6.71 Å². The third-order valence-corrected chi connectivity index (χ3v) is 4.35. The maximum absolute atomic E-state index is 2.33. The van der Waals surface area contributed by atoms with Gasteiger partial charge in [0.25, 0.3) is 0 Å². The Hall–Kier alpha value is -1.50. The van der Waals surface area contributed by atoms with E-state index in [1.165, 1.54) is 27.7 Å². The number of benzene rings is 2. The Morgan fingerprint density at radius 1 is 0.889 bits per heavy atom. The Kier molecular flexibility index (Phi) is 2.58. The van der Waals surface area contributed by atoms with Gasteiger partial charge in [-0.15, -0.1) is 0 Å². The van der Waals surface area contributed by atoms with E-state index < -0.39 is 0 Å². The Labute approximate surface area is 110 Å². The molecule has 0 unspecified atom stereocenters. The molecule has 0 N–H and O–H groups in total. The lowest BCUT2D eigenvalue weighted by Crippen LogP contribution is -2.42. The van der Waals surface area contributed by atoms with E-state index in [1.807, 2.05) is 0 Å². The SMILES string of the molecule is Cc1ccc2c(c1C)B(C(C)C)c1ccccc1-2. The number of rotatable bonds is 1. The minimum Gasteiger partial charge on any atom is -0.0687 e. The smallest absolute Gasteiger partial charge is 0.0687 e. The molecule has 18 heavy (non-hydrogen) atoms. The van der Waals surface area contributed by atoms with Crippen molar-refractivity contribution >= 4 is 17.6 Å². The first-order chi connectivity index (χ1) is 8.61. The molecule has 0 aromatic heterocycles. The lowest BCUT2D eigenvalue weighted by Gasteiger charge is -2.17. The standard InChI is InChI=1S/C17H19B/c1-11(2)18-16-8-6-5-7-14(16)15-10-9-12(3)13(4)17(15)18/h5-11H,1-4H3. The highest BCUT2D eigenvalue weighted by molar-refractivity contribution is 6.90. The summed E-state index contributed by atoms with van der Waals surface area (Å²) in [5.41, 5.74) is 8.85. The average Bonchev–Trinajstić information content (AvgIpc) is 2.69. The van der Waals surface area contributed by atoms with Gasteiger partial charge in [0.15, 0.2) is 0 Å². The molecule has 1 heteroatoms. The molecular weight excluding hydrogens is 215 g/mol. The fourth-order valence-corrected chi connectivity index (χ4v) is 3.33. The van der Waals surface area contributed by atoms with Crippen LogP contribution in [0, 0.1) is 13.8 Å². The molecule has 0 spiro atoms. The molecule has 2 aromatic rings. The van der Waals surface area contributed by atoms with Crippen LogP contribution in [0.1, 0.15) is 25.0 Å². The van der Waals surface area contributed by atoms with E-state index >= 15 is 0 Å². The Balaban J connectivity index is 2.35. The zero-order chi connectivity index (χ0) is 12.9. The molecule has 2 aromatic carbocycles. The molecule has 1 aliphatic heterocycles. The van der Waals surface area contributed by atoms with Crippen molar-refractivity contribution in [3.63, 3.8) is 0 Å². The predicted molar refractivity (Wildman–Crippen MR) is 81.5 cm³/mol. The monoisotopic (exact) mass is 234 g/mol. The quantitative estimate of drug-likeness (QED) is 0.664. The highest BCUT2D eigenvalue weighted by atomic mass is 14.2. The van der Waals surface area contributed by atoms with Crippen LogP contribution in [0.3, 0.4) is 0 Å². The molecule has 0 bridgehead atoms. The van der Waals surface area contributed by atoms with E-state index in [-0.39, 0.29) is 0 Å². The van der Waals surface area contributed by atoms with Crippen LogP contribution in [0.4, 0.5) is 0 Å². The normalized spacial score (nSPS) is 12.8. The molecule has 3 rings (SSSR count). The maximum atomic E-state index is 2.33. The van der Waals surface area contributed by atoms with Gasteiger partial charge in [-0.3, -0.25) is 0 Å². The Bertz CT molecular complexity index is 611. The topological polar surface area (TPSA) is 0 Å². The fraction of sp³-hybridized carbons (Fsp3) is 0.294. The van der Waals surface area contributed by atoms with E-state index in [9.17, 15) is 0 Å². The minimum atomic E-state index is 0.566. The first-order valence-corrected chi connectivity index (χ1v) is 6.80. The molecule has 0 atom stereocenters. The largest absolute Gasteiger partial charge is 0.213 e. The van der Waals surface area contributed by atoms with Gasteiger partial charge < -0.3 is 0 Å². The van der Waals surface area contributed by atoms with Crippen LogP contribution in [0.2, 0.25) is 5.82 Å². The number of hydrogen-bond acceptors (Lipinski definition) is 0. The summed E-state index contributed by atoms with van der Waals surface area (Å²) in [6, 6.07) is 13.5. The second-order valence-corrected chi connectivity index (χ2v) is 5.78. The molecule has 0 amide bonds. The van der Waals surface area contributed by atoms with Crippen LogP contribution in [0.5, 0.6) is 0 Å². The van der Waals surface area contributed by atoms with Crippen molar-refractivity contribution < 1.29 is 0 Å². The van der Waals surface area contributed by atoms with Crippen LogP contribution >= 0.6 is 0 Å². The zero-order valence-corrected chi connectivity index (χ0v) is 11.6. The van der Waals surface area contributed by atoms with Gasteiger partial charge in [-0.25, -0.2) is 0 Å². The third-order valence-electron chi connectivity index (χ3n) is 4.35.